The van der Waals surface area contributed by atoms with Crippen molar-refractivity contribution < 1.29 is 18.3 Å². The summed E-state index contributed by atoms with van der Waals surface area (Å²) in [5.41, 5.74) is 0. The van der Waals surface area contributed by atoms with E-state index in [1.54, 1.807) is 18.2 Å². The van der Waals surface area contributed by atoms with Gasteiger partial charge in [-0.15, -0.1) is 0 Å². The van der Waals surface area contributed by atoms with Crippen LogP contribution in [0.5, 0.6) is 0 Å². The molecule has 1 atom stereocenters. The molecule has 0 bridgehead atoms. The number of sulfonamides is 1. The minimum absolute atomic E-state index is 0.118. The van der Waals surface area contributed by atoms with Gasteiger partial charge in [0.2, 0.25) is 10.0 Å². The second-order valence-electron chi connectivity index (χ2n) is 4.54. The molecule has 0 aromatic heterocycles. The average Bonchev–Trinajstić information content (AvgIpc) is 2.37. The number of rotatable bonds is 8. The van der Waals surface area contributed by atoms with Crippen LogP contribution in [-0.2, 0) is 14.8 Å². The van der Waals surface area contributed by atoms with Crippen molar-refractivity contribution in [1.82, 2.24) is 4.72 Å². The standard InChI is InChI=1S/C13H19NO4S/c1-11(7-8-13(15)16)9-10-14-19(17,18)12-5-3-2-4-6-12/h2-6,11,14H,7-10H2,1H3,(H,15,16). The van der Waals surface area contributed by atoms with Gasteiger partial charge in [-0.1, -0.05) is 25.1 Å². The molecule has 1 aromatic carbocycles. The molecule has 0 aliphatic carbocycles. The lowest BCUT2D eigenvalue weighted by Crippen LogP contribution is -2.26. The third kappa shape index (κ3) is 5.85. The van der Waals surface area contributed by atoms with Gasteiger partial charge in [0.05, 0.1) is 4.90 Å². The Morgan fingerprint density at radius 3 is 2.47 bits per heavy atom. The summed E-state index contributed by atoms with van der Waals surface area (Å²) in [6.45, 7) is 2.23. The van der Waals surface area contributed by atoms with Crippen molar-refractivity contribution in [3.8, 4) is 0 Å². The van der Waals surface area contributed by atoms with Crippen LogP contribution in [0, 0.1) is 5.92 Å². The van der Waals surface area contributed by atoms with Crippen LogP contribution in [0.2, 0.25) is 0 Å². The van der Waals surface area contributed by atoms with Gasteiger partial charge in [0, 0.05) is 13.0 Å². The molecule has 0 amide bonds. The van der Waals surface area contributed by atoms with Gasteiger partial charge in [0.15, 0.2) is 0 Å². The third-order valence-electron chi connectivity index (χ3n) is 2.83. The van der Waals surface area contributed by atoms with Crippen molar-refractivity contribution in [3.05, 3.63) is 30.3 Å². The first-order valence-corrected chi connectivity index (χ1v) is 7.66. The maximum atomic E-state index is 11.9. The van der Waals surface area contributed by atoms with E-state index >= 15 is 0 Å². The quantitative estimate of drug-likeness (QED) is 0.763. The van der Waals surface area contributed by atoms with Crippen molar-refractivity contribution >= 4 is 16.0 Å². The monoisotopic (exact) mass is 285 g/mol. The Morgan fingerprint density at radius 1 is 1.26 bits per heavy atom. The number of nitrogens with one attached hydrogen (secondary N) is 1. The number of carbonyl (C=O) groups is 1. The van der Waals surface area contributed by atoms with Crippen molar-refractivity contribution in [2.75, 3.05) is 6.54 Å². The van der Waals surface area contributed by atoms with Crippen molar-refractivity contribution in [3.63, 3.8) is 0 Å². The van der Waals surface area contributed by atoms with E-state index in [0.29, 0.717) is 19.4 Å². The molecule has 0 heterocycles. The van der Waals surface area contributed by atoms with Crippen molar-refractivity contribution in [2.24, 2.45) is 5.92 Å². The predicted molar refractivity (Wildman–Crippen MR) is 72.3 cm³/mol. The van der Waals surface area contributed by atoms with E-state index in [1.165, 1.54) is 12.1 Å². The van der Waals surface area contributed by atoms with E-state index in [2.05, 4.69) is 4.72 Å². The Kier molecular flexibility index (Phi) is 5.98. The molecule has 106 valence electrons. The minimum atomic E-state index is -3.45. The summed E-state index contributed by atoms with van der Waals surface area (Å²) in [6, 6.07) is 8.17. The summed E-state index contributed by atoms with van der Waals surface area (Å²) in [4.78, 5) is 10.7. The molecule has 0 saturated heterocycles. The van der Waals surface area contributed by atoms with Crippen molar-refractivity contribution in [1.29, 1.82) is 0 Å². The molecule has 1 rings (SSSR count). The SMILES string of the molecule is CC(CCNS(=O)(=O)c1ccccc1)CCC(=O)O. The predicted octanol–water partition coefficient (Wildman–Crippen LogP) is 1.86. The normalized spacial score (nSPS) is 13.1. The Morgan fingerprint density at radius 2 is 1.89 bits per heavy atom. The van der Waals surface area contributed by atoms with Crippen LogP contribution in [0.4, 0.5) is 0 Å². The highest BCUT2D eigenvalue weighted by Gasteiger charge is 2.13. The Hall–Kier alpha value is -1.40. The van der Waals surface area contributed by atoms with Crippen LogP contribution in [-0.4, -0.2) is 26.0 Å². The van der Waals surface area contributed by atoms with Gasteiger partial charge < -0.3 is 5.11 Å². The van der Waals surface area contributed by atoms with Gasteiger partial charge in [0.25, 0.3) is 0 Å². The number of hydrogen-bond donors (Lipinski definition) is 2. The molecule has 0 aliphatic heterocycles. The fraction of sp³-hybridized carbons (Fsp3) is 0.462. The summed E-state index contributed by atoms with van der Waals surface area (Å²) in [5, 5.41) is 8.55. The van der Waals surface area contributed by atoms with Crippen molar-refractivity contribution in [2.45, 2.75) is 31.1 Å². The first-order chi connectivity index (χ1) is 8.92. The fourth-order valence-electron chi connectivity index (χ4n) is 1.64. The molecule has 0 aliphatic rings. The second kappa shape index (κ2) is 7.25. The molecule has 2 N–H and O–H groups in total. The number of carboxylic acids is 1. The van der Waals surface area contributed by atoms with E-state index in [1.807, 2.05) is 6.92 Å². The summed E-state index contributed by atoms with van der Waals surface area (Å²) in [7, 11) is -3.45. The highest BCUT2D eigenvalue weighted by Crippen LogP contribution is 2.11. The molecule has 19 heavy (non-hydrogen) atoms. The Labute approximate surface area is 113 Å². The molecule has 1 aromatic rings. The molecule has 6 heteroatoms. The molecule has 0 fully saturated rings. The van der Waals surface area contributed by atoms with Gasteiger partial charge in [-0.25, -0.2) is 13.1 Å². The van der Waals surface area contributed by atoms with E-state index in [0.717, 1.165) is 0 Å². The van der Waals surface area contributed by atoms with Gasteiger partial charge in [-0.2, -0.15) is 0 Å². The largest absolute Gasteiger partial charge is 0.481 e. The maximum Gasteiger partial charge on any atom is 0.303 e. The molecule has 0 radical (unpaired) electrons. The average molecular weight is 285 g/mol. The lowest BCUT2D eigenvalue weighted by Gasteiger charge is -2.11. The summed E-state index contributed by atoms with van der Waals surface area (Å²) in [5.74, 6) is -0.647. The zero-order valence-corrected chi connectivity index (χ0v) is 11.7. The molecular weight excluding hydrogens is 266 g/mol. The zero-order chi connectivity index (χ0) is 14.3. The van der Waals surface area contributed by atoms with E-state index < -0.39 is 16.0 Å². The smallest absolute Gasteiger partial charge is 0.303 e. The van der Waals surface area contributed by atoms with Crippen LogP contribution < -0.4 is 4.72 Å². The third-order valence-corrected chi connectivity index (χ3v) is 4.31. The van der Waals surface area contributed by atoms with Crippen LogP contribution in [0.25, 0.3) is 0 Å². The van der Waals surface area contributed by atoms with Gasteiger partial charge in [-0.05, 0) is 30.9 Å². The first kappa shape index (κ1) is 15.7. The Balaban J connectivity index is 2.38. The lowest BCUT2D eigenvalue weighted by atomic mass is 10.0. The van der Waals surface area contributed by atoms with Crippen LogP contribution in [0.1, 0.15) is 26.2 Å². The first-order valence-electron chi connectivity index (χ1n) is 6.18. The summed E-state index contributed by atoms with van der Waals surface area (Å²) >= 11 is 0. The zero-order valence-electron chi connectivity index (χ0n) is 10.9. The van der Waals surface area contributed by atoms with Gasteiger partial charge in [-0.3, -0.25) is 4.79 Å². The van der Waals surface area contributed by atoms with Gasteiger partial charge >= 0.3 is 5.97 Å². The summed E-state index contributed by atoms with van der Waals surface area (Å²) < 4.78 is 26.3. The molecular formula is C13H19NO4S. The lowest BCUT2D eigenvalue weighted by molar-refractivity contribution is -0.137. The molecule has 0 spiro atoms. The molecule has 1 unspecified atom stereocenters. The van der Waals surface area contributed by atoms with E-state index in [-0.39, 0.29) is 17.2 Å². The van der Waals surface area contributed by atoms with E-state index in [4.69, 9.17) is 5.11 Å². The molecule has 5 nitrogen and oxygen atoms in total. The number of carboxylic acid groups (broad SMARTS) is 1. The number of aliphatic carboxylic acids is 1. The highest BCUT2D eigenvalue weighted by atomic mass is 32.2. The number of benzene rings is 1. The molecule has 0 saturated carbocycles. The highest BCUT2D eigenvalue weighted by molar-refractivity contribution is 7.89. The maximum absolute atomic E-state index is 11.9. The van der Waals surface area contributed by atoms with Crippen LogP contribution in [0.15, 0.2) is 35.2 Å². The number of hydrogen-bond acceptors (Lipinski definition) is 3. The van der Waals surface area contributed by atoms with Crippen LogP contribution in [0.3, 0.4) is 0 Å². The fourth-order valence-corrected chi connectivity index (χ4v) is 2.71. The van der Waals surface area contributed by atoms with Crippen LogP contribution >= 0.6 is 0 Å². The summed E-state index contributed by atoms with van der Waals surface area (Å²) in [6.07, 6.45) is 1.30. The Bertz CT molecular complexity index is 499. The van der Waals surface area contributed by atoms with Gasteiger partial charge in [0.1, 0.15) is 0 Å². The topological polar surface area (TPSA) is 83.5 Å². The minimum Gasteiger partial charge on any atom is -0.481 e. The second-order valence-corrected chi connectivity index (χ2v) is 6.30. The van der Waals surface area contributed by atoms with E-state index in [9.17, 15) is 13.2 Å².